The predicted octanol–water partition coefficient (Wildman–Crippen LogP) is 2.41. The van der Waals surface area contributed by atoms with E-state index in [1.165, 1.54) is 18.2 Å². The zero-order chi connectivity index (χ0) is 12.8. The van der Waals surface area contributed by atoms with Gasteiger partial charge in [0.1, 0.15) is 5.82 Å². The minimum absolute atomic E-state index is 0.140. The number of halogens is 1. The van der Waals surface area contributed by atoms with Gasteiger partial charge in [-0.05, 0) is 43.3 Å². The maximum Gasteiger partial charge on any atom is 0.335 e. The maximum atomic E-state index is 13.5. The Hall–Kier alpha value is -1.42. The third kappa shape index (κ3) is 3.82. The van der Waals surface area contributed by atoms with Crippen molar-refractivity contribution in [2.45, 2.75) is 20.3 Å². The maximum absolute atomic E-state index is 13.5. The summed E-state index contributed by atoms with van der Waals surface area (Å²) in [6, 6.07) is 3.93. The molecule has 94 valence electrons. The molecule has 0 aromatic heterocycles. The summed E-state index contributed by atoms with van der Waals surface area (Å²) in [5.41, 5.74) is 0.609. The van der Waals surface area contributed by atoms with Gasteiger partial charge in [-0.2, -0.15) is 0 Å². The Bertz CT molecular complexity index is 389. The number of hydrogen-bond donors (Lipinski definition) is 1. The van der Waals surface area contributed by atoms with E-state index in [0.717, 1.165) is 19.6 Å². The molecule has 4 heteroatoms. The van der Waals surface area contributed by atoms with Crippen LogP contribution in [0.15, 0.2) is 18.2 Å². The van der Waals surface area contributed by atoms with Gasteiger partial charge in [0.15, 0.2) is 0 Å². The molecular weight excluding hydrogens is 221 g/mol. The molecule has 0 aliphatic carbocycles. The van der Waals surface area contributed by atoms with Crippen molar-refractivity contribution < 1.29 is 14.3 Å². The van der Waals surface area contributed by atoms with Gasteiger partial charge in [0.25, 0.3) is 0 Å². The van der Waals surface area contributed by atoms with Crippen molar-refractivity contribution in [1.82, 2.24) is 4.90 Å². The summed E-state index contributed by atoms with van der Waals surface area (Å²) in [5.74, 6) is -1.35. The second-order valence-corrected chi connectivity index (χ2v) is 3.89. The van der Waals surface area contributed by atoms with Gasteiger partial charge in [0.05, 0.1) is 5.56 Å². The molecule has 3 nitrogen and oxygen atoms in total. The summed E-state index contributed by atoms with van der Waals surface area (Å²) in [6.45, 7) is 6.67. The number of carboxylic acid groups (broad SMARTS) is 1. The van der Waals surface area contributed by atoms with Gasteiger partial charge in [-0.3, -0.25) is 0 Å². The molecule has 0 unspecified atom stereocenters. The van der Waals surface area contributed by atoms with Crippen molar-refractivity contribution in [2.24, 2.45) is 0 Å². The van der Waals surface area contributed by atoms with E-state index in [0.29, 0.717) is 12.0 Å². The molecule has 0 aliphatic rings. The Morgan fingerprint density at radius 1 is 1.35 bits per heavy atom. The van der Waals surface area contributed by atoms with Gasteiger partial charge in [0.2, 0.25) is 0 Å². The Morgan fingerprint density at radius 3 is 2.53 bits per heavy atom. The second-order valence-electron chi connectivity index (χ2n) is 3.89. The minimum atomic E-state index is -1.02. The van der Waals surface area contributed by atoms with Crippen LogP contribution in [0.2, 0.25) is 0 Å². The molecule has 1 aromatic rings. The molecule has 0 heterocycles. The average molecular weight is 239 g/mol. The number of benzene rings is 1. The number of carboxylic acids is 1. The van der Waals surface area contributed by atoms with Crippen LogP contribution in [0.3, 0.4) is 0 Å². The molecule has 0 amide bonds. The lowest BCUT2D eigenvalue weighted by Crippen LogP contribution is -2.25. The fraction of sp³-hybridized carbons (Fsp3) is 0.462. The van der Waals surface area contributed by atoms with Crippen LogP contribution in [0.4, 0.5) is 4.39 Å². The van der Waals surface area contributed by atoms with Crippen LogP contribution in [-0.4, -0.2) is 35.6 Å². The molecule has 0 fully saturated rings. The molecule has 0 radical (unpaired) electrons. The normalized spacial score (nSPS) is 10.8. The van der Waals surface area contributed by atoms with Crippen molar-refractivity contribution >= 4 is 5.97 Å². The van der Waals surface area contributed by atoms with Gasteiger partial charge in [-0.1, -0.05) is 13.8 Å². The number of carbonyl (C=O) groups is 1. The summed E-state index contributed by atoms with van der Waals surface area (Å²) in [5, 5.41) is 8.84. The highest BCUT2D eigenvalue weighted by molar-refractivity contribution is 5.87. The summed E-state index contributed by atoms with van der Waals surface area (Å²) < 4.78 is 13.5. The van der Waals surface area contributed by atoms with Crippen LogP contribution in [0.5, 0.6) is 0 Å². The molecule has 0 bridgehead atoms. The Morgan fingerprint density at radius 2 is 2.00 bits per heavy atom. The lowest BCUT2D eigenvalue weighted by Gasteiger charge is -2.17. The van der Waals surface area contributed by atoms with Crippen molar-refractivity contribution in [1.29, 1.82) is 0 Å². The molecule has 0 aliphatic heterocycles. The van der Waals surface area contributed by atoms with Crippen molar-refractivity contribution in [3.05, 3.63) is 35.1 Å². The van der Waals surface area contributed by atoms with Crippen LogP contribution in [0.25, 0.3) is 0 Å². The summed E-state index contributed by atoms with van der Waals surface area (Å²) in [7, 11) is 0. The average Bonchev–Trinajstić information content (AvgIpc) is 2.32. The van der Waals surface area contributed by atoms with Gasteiger partial charge >= 0.3 is 5.97 Å². The molecule has 0 spiro atoms. The van der Waals surface area contributed by atoms with Gasteiger partial charge in [-0.15, -0.1) is 0 Å². The molecule has 1 rings (SSSR count). The molecule has 0 atom stereocenters. The first-order valence-electron chi connectivity index (χ1n) is 5.82. The van der Waals surface area contributed by atoms with E-state index in [2.05, 4.69) is 4.90 Å². The number of rotatable bonds is 6. The topological polar surface area (TPSA) is 40.5 Å². The van der Waals surface area contributed by atoms with Crippen molar-refractivity contribution in [3.63, 3.8) is 0 Å². The predicted molar refractivity (Wildman–Crippen MR) is 64.9 cm³/mol. The highest BCUT2D eigenvalue weighted by atomic mass is 19.1. The van der Waals surface area contributed by atoms with Crippen LogP contribution in [0.1, 0.15) is 29.8 Å². The molecular formula is C13H18FNO2. The smallest absolute Gasteiger partial charge is 0.335 e. The highest BCUT2D eigenvalue weighted by Gasteiger charge is 2.09. The first kappa shape index (κ1) is 13.6. The standard InChI is InChI=1S/C13H18FNO2/c1-3-15(4-2)8-7-10-9-11(13(16)17)5-6-12(10)14/h5-6,9H,3-4,7-8H2,1-2H3,(H,16,17). The number of aromatic carboxylic acids is 1. The number of hydrogen-bond acceptors (Lipinski definition) is 2. The largest absolute Gasteiger partial charge is 0.478 e. The Kier molecular flexibility index (Phi) is 5.10. The summed E-state index contributed by atoms with van der Waals surface area (Å²) in [6.07, 6.45) is 0.536. The Balaban J connectivity index is 2.75. The molecule has 1 N–H and O–H groups in total. The first-order valence-corrected chi connectivity index (χ1v) is 5.82. The Labute approximate surface area is 101 Å². The monoisotopic (exact) mass is 239 g/mol. The molecule has 17 heavy (non-hydrogen) atoms. The van der Waals surface area contributed by atoms with Gasteiger partial charge in [-0.25, -0.2) is 9.18 Å². The number of likely N-dealkylation sites (N-methyl/N-ethyl adjacent to an activating group) is 1. The van der Waals surface area contributed by atoms with Crippen LogP contribution < -0.4 is 0 Å². The van der Waals surface area contributed by atoms with E-state index in [9.17, 15) is 9.18 Å². The second kappa shape index (κ2) is 6.35. The molecule has 1 aromatic carbocycles. The summed E-state index contributed by atoms with van der Waals surface area (Å²) in [4.78, 5) is 13.0. The lowest BCUT2D eigenvalue weighted by atomic mass is 10.1. The minimum Gasteiger partial charge on any atom is -0.478 e. The van der Waals surface area contributed by atoms with Crippen LogP contribution >= 0.6 is 0 Å². The fourth-order valence-electron chi connectivity index (χ4n) is 1.72. The van der Waals surface area contributed by atoms with E-state index in [4.69, 9.17) is 5.11 Å². The SMILES string of the molecule is CCN(CC)CCc1cc(C(=O)O)ccc1F. The van der Waals surface area contributed by atoms with Gasteiger partial charge < -0.3 is 10.0 Å². The van der Waals surface area contributed by atoms with Crippen molar-refractivity contribution in [3.8, 4) is 0 Å². The third-order valence-electron chi connectivity index (χ3n) is 2.88. The summed E-state index contributed by atoms with van der Waals surface area (Å²) >= 11 is 0. The third-order valence-corrected chi connectivity index (χ3v) is 2.88. The fourth-order valence-corrected chi connectivity index (χ4v) is 1.72. The van der Waals surface area contributed by atoms with Crippen molar-refractivity contribution in [2.75, 3.05) is 19.6 Å². The number of nitrogens with zero attached hydrogens (tertiary/aromatic N) is 1. The molecule has 0 saturated carbocycles. The van der Waals surface area contributed by atoms with E-state index < -0.39 is 5.97 Å². The zero-order valence-electron chi connectivity index (χ0n) is 10.2. The van der Waals surface area contributed by atoms with E-state index in [-0.39, 0.29) is 11.4 Å². The van der Waals surface area contributed by atoms with E-state index in [1.54, 1.807) is 0 Å². The zero-order valence-corrected chi connectivity index (χ0v) is 10.2. The van der Waals surface area contributed by atoms with E-state index in [1.807, 2.05) is 13.8 Å². The van der Waals surface area contributed by atoms with Crippen LogP contribution in [0, 0.1) is 5.82 Å². The van der Waals surface area contributed by atoms with Crippen LogP contribution in [-0.2, 0) is 6.42 Å². The highest BCUT2D eigenvalue weighted by Crippen LogP contribution is 2.12. The molecule has 0 saturated heterocycles. The van der Waals surface area contributed by atoms with Gasteiger partial charge in [0, 0.05) is 6.54 Å². The first-order chi connectivity index (χ1) is 8.08. The lowest BCUT2D eigenvalue weighted by molar-refractivity contribution is 0.0696. The quantitative estimate of drug-likeness (QED) is 0.828. The van der Waals surface area contributed by atoms with E-state index >= 15 is 0 Å².